The van der Waals surface area contributed by atoms with Crippen LogP contribution in [-0.2, 0) is 0 Å². The van der Waals surface area contributed by atoms with E-state index in [0.29, 0.717) is 32.1 Å². The Bertz CT molecular complexity index is 820. The highest BCUT2D eigenvalue weighted by atomic mass is 32.1. The maximum absolute atomic E-state index is 10.6. The fourth-order valence-electron chi connectivity index (χ4n) is 3.17. The summed E-state index contributed by atoms with van der Waals surface area (Å²) in [5.41, 5.74) is 0.643. The van der Waals surface area contributed by atoms with Crippen molar-refractivity contribution in [1.29, 1.82) is 0 Å². The maximum atomic E-state index is 10.6. The van der Waals surface area contributed by atoms with E-state index in [4.69, 9.17) is 21.7 Å². The van der Waals surface area contributed by atoms with Crippen molar-refractivity contribution in [2.75, 3.05) is 14.2 Å². The van der Waals surface area contributed by atoms with Gasteiger partial charge < -0.3 is 14.6 Å². The van der Waals surface area contributed by atoms with E-state index in [1.54, 1.807) is 32.6 Å². The molecule has 1 aliphatic carbocycles. The van der Waals surface area contributed by atoms with Gasteiger partial charge >= 0.3 is 0 Å². The normalized spacial score (nSPS) is 15.6. The lowest BCUT2D eigenvalue weighted by atomic mass is 9.95. The maximum Gasteiger partial charge on any atom is 0.212 e. The number of methoxy groups -OCH3 is 2. The second-order valence-electron chi connectivity index (χ2n) is 6.01. The molecule has 1 heterocycles. The number of hydrogen-bond donors (Lipinski definition) is 1. The standard InChI is InChI=1S/C18H22N2O3S2/c1-22-13-8-9-15(23-2)14(10-13)19-11-16-17(21)20(18(24)25-16)12-6-4-3-5-7-12/h8-12,21H,3-7H2,1-2H3. The monoisotopic (exact) mass is 378 g/mol. The van der Waals surface area contributed by atoms with Crippen LogP contribution in [0.15, 0.2) is 23.2 Å². The third-order valence-electron chi connectivity index (χ3n) is 4.49. The molecular weight excluding hydrogens is 356 g/mol. The first-order valence-corrected chi connectivity index (χ1v) is 9.57. The van der Waals surface area contributed by atoms with Gasteiger partial charge in [0.05, 0.1) is 20.4 Å². The predicted octanol–water partition coefficient (Wildman–Crippen LogP) is 5.26. The summed E-state index contributed by atoms with van der Waals surface area (Å²) in [6, 6.07) is 5.72. The predicted molar refractivity (Wildman–Crippen MR) is 104 cm³/mol. The van der Waals surface area contributed by atoms with Gasteiger partial charge in [-0.05, 0) is 37.2 Å². The first-order chi connectivity index (χ1) is 12.1. The van der Waals surface area contributed by atoms with Crippen molar-refractivity contribution in [3.05, 3.63) is 27.0 Å². The van der Waals surface area contributed by atoms with Crippen LogP contribution in [0.4, 0.5) is 5.69 Å². The number of ether oxygens (including phenoxy) is 2. The van der Waals surface area contributed by atoms with Gasteiger partial charge in [0.25, 0.3) is 0 Å². The van der Waals surface area contributed by atoms with Gasteiger partial charge in [-0.2, -0.15) is 0 Å². The molecular formula is C18H22N2O3S2. The lowest BCUT2D eigenvalue weighted by Gasteiger charge is -2.23. The minimum absolute atomic E-state index is 0.215. The molecule has 5 nitrogen and oxygen atoms in total. The Morgan fingerprint density at radius 1 is 1.24 bits per heavy atom. The highest BCUT2D eigenvalue weighted by molar-refractivity contribution is 7.73. The van der Waals surface area contributed by atoms with Gasteiger partial charge in [-0.15, -0.1) is 0 Å². The molecule has 1 saturated carbocycles. The average molecular weight is 379 g/mol. The van der Waals surface area contributed by atoms with E-state index in [9.17, 15) is 5.11 Å². The van der Waals surface area contributed by atoms with Crippen LogP contribution >= 0.6 is 23.6 Å². The molecule has 2 aromatic rings. The third-order valence-corrected chi connectivity index (χ3v) is 5.82. The number of benzene rings is 1. The minimum Gasteiger partial charge on any atom is -0.497 e. The molecule has 0 aliphatic heterocycles. The summed E-state index contributed by atoms with van der Waals surface area (Å²) in [6.07, 6.45) is 7.42. The van der Waals surface area contributed by atoms with Crippen molar-refractivity contribution in [3.8, 4) is 17.4 Å². The Morgan fingerprint density at radius 3 is 2.68 bits per heavy atom. The van der Waals surface area contributed by atoms with Crippen LogP contribution in [0, 0.1) is 3.95 Å². The molecule has 25 heavy (non-hydrogen) atoms. The smallest absolute Gasteiger partial charge is 0.212 e. The van der Waals surface area contributed by atoms with Crippen molar-refractivity contribution >= 4 is 35.5 Å². The molecule has 0 radical (unpaired) electrons. The number of aromatic nitrogens is 1. The third kappa shape index (κ3) is 3.88. The topological polar surface area (TPSA) is 56.0 Å². The zero-order chi connectivity index (χ0) is 17.8. The number of hydrogen-bond acceptors (Lipinski definition) is 6. The van der Waals surface area contributed by atoms with Gasteiger partial charge in [0.15, 0.2) is 3.95 Å². The summed E-state index contributed by atoms with van der Waals surface area (Å²) >= 11 is 6.86. The van der Waals surface area contributed by atoms with Gasteiger partial charge in [-0.1, -0.05) is 30.6 Å². The number of rotatable bonds is 5. The van der Waals surface area contributed by atoms with Crippen molar-refractivity contribution < 1.29 is 14.6 Å². The number of aliphatic imine (C=N–C) groups is 1. The van der Waals surface area contributed by atoms with Crippen LogP contribution in [0.3, 0.4) is 0 Å². The van der Waals surface area contributed by atoms with Crippen molar-refractivity contribution in [2.45, 2.75) is 38.1 Å². The molecule has 0 amide bonds. The van der Waals surface area contributed by atoms with E-state index >= 15 is 0 Å². The zero-order valence-electron chi connectivity index (χ0n) is 14.4. The number of thiazole rings is 1. The summed E-state index contributed by atoms with van der Waals surface area (Å²) in [7, 11) is 3.21. The fraction of sp³-hybridized carbons (Fsp3) is 0.444. The number of nitrogens with zero attached hydrogens (tertiary/aromatic N) is 2. The van der Waals surface area contributed by atoms with Crippen LogP contribution in [0.5, 0.6) is 17.4 Å². The number of aromatic hydroxyl groups is 1. The molecule has 0 atom stereocenters. The van der Waals surface area contributed by atoms with Crippen molar-refractivity contribution in [1.82, 2.24) is 4.57 Å². The summed E-state index contributed by atoms with van der Waals surface area (Å²) < 4.78 is 13.2. The van der Waals surface area contributed by atoms with E-state index in [1.165, 1.54) is 30.6 Å². The molecule has 3 rings (SSSR count). The fourth-order valence-corrected chi connectivity index (χ4v) is 4.49. The lowest BCUT2D eigenvalue weighted by Crippen LogP contribution is -2.12. The van der Waals surface area contributed by atoms with Gasteiger partial charge in [0.1, 0.15) is 22.1 Å². The quantitative estimate of drug-likeness (QED) is 0.570. The van der Waals surface area contributed by atoms with Crippen molar-refractivity contribution in [2.24, 2.45) is 4.99 Å². The molecule has 1 aromatic heterocycles. The molecule has 1 aliphatic rings. The molecule has 0 saturated heterocycles. The van der Waals surface area contributed by atoms with Crippen molar-refractivity contribution in [3.63, 3.8) is 0 Å². The Hall–Kier alpha value is -1.86. The molecule has 1 fully saturated rings. The van der Waals surface area contributed by atoms with Crippen LogP contribution < -0.4 is 9.47 Å². The first-order valence-electron chi connectivity index (χ1n) is 8.34. The Kier molecular flexibility index (Phi) is 5.75. The van der Waals surface area contributed by atoms with Crippen LogP contribution in [0.1, 0.15) is 43.0 Å². The summed E-state index contributed by atoms with van der Waals surface area (Å²) in [4.78, 5) is 5.14. The van der Waals surface area contributed by atoms with E-state index in [0.717, 1.165) is 12.8 Å². The molecule has 0 spiro atoms. The second-order valence-corrected chi connectivity index (χ2v) is 7.69. The summed E-state index contributed by atoms with van der Waals surface area (Å²) in [5.74, 6) is 1.56. The van der Waals surface area contributed by atoms with Gasteiger partial charge in [0.2, 0.25) is 5.88 Å². The Labute approximate surface area is 156 Å². The molecule has 1 N–H and O–H groups in total. The summed E-state index contributed by atoms with van der Waals surface area (Å²) in [5, 5.41) is 10.6. The van der Waals surface area contributed by atoms with E-state index in [1.807, 2.05) is 10.6 Å². The molecule has 134 valence electrons. The minimum atomic E-state index is 0.215. The highest BCUT2D eigenvalue weighted by Crippen LogP contribution is 2.37. The Balaban J connectivity index is 1.91. The zero-order valence-corrected chi connectivity index (χ0v) is 16.0. The highest BCUT2D eigenvalue weighted by Gasteiger charge is 2.21. The van der Waals surface area contributed by atoms with Crippen LogP contribution in [0.25, 0.3) is 0 Å². The van der Waals surface area contributed by atoms with Crippen LogP contribution in [0.2, 0.25) is 0 Å². The van der Waals surface area contributed by atoms with Gasteiger partial charge in [-0.3, -0.25) is 9.56 Å². The first kappa shape index (κ1) is 17.9. The van der Waals surface area contributed by atoms with E-state index in [2.05, 4.69) is 4.99 Å². The van der Waals surface area contributed by atoms with Gasteiger partial charge in [-0.25, -0.2) is 0 Å². The van der Waals surface area contributed by atoms with Gasteiger partial charge in [0, 0.05) is 12.1 Å². The van der Waals surface area contributed by atoms with E-state index in [-0.39, 0.29) is 5.88 Å². The molecule has 0 bridgehead atoms. The largest absolute Gasteiger partial charge is 0.497 e. The SMILES string of the molecule is COc1ccc(OC)c(N=Cc2sc(=S)n(C3CCCCC3)c2O)c1. The molecule has 1 aromatic carbocycles. The molecule has 0 unspecified atom stereocenters. The average Bonchev–Trinajstić information content (AvgIpc) is 2.93. The molecule has 7 heteroatoms. The Morgan fingerprint density at radius 2 is 2.00 bits per heavy atom. The van der Waals surface area contributed by atoms with E-state index < -0.39 is 0 Å². The summed E-state index contributed by atoms with van der Waals surface area (Å²) in [6.45, 7) is 0. The second kappa shape index (κ2) is 8.01. The lowest BCUT2D eigenvalue weighted by molar-refractivity contribution is 0.312. The van der Waals surface area contributed by atoms with Crippen LogP contribution in [-0.4, -0.2) is 30.1 Å².